The summed E-state index contributed by atoms with van der Waals surface area (Å²) in [5.74, 6) is 0. The maximum Gasteiger partial charge on any atom is 0.143 e. The van der Waals surface area contributed by atoms with Gasteiger partial charge < -0.3 is 9.32 Å². The largest absolute Gasteiger partial charge is 0.455 e. The molecule has 0 radical (unpaired) electrons. The highest BCUT2D eigenvalue weighted by atomic mass is 16.3. The number of hydrogen-bond donors (Lipinski definition) is 0. The summed E-state index contributed by atoms with van der Waals surface area (Å²) in [6.45, 7) is 0. The van der Waals surface area contributed by atoms with Crippen LogP contribution in [0.25, 0.3) is 76.9 Å². The van der Waals surface area contributed by atoms with Crippen LogP contribution in [0.15, 0.2) is 205 Å². The van der Waals surface area contributed by atoms with Crippen molar-refractivity contribution < 1.29 is 4.42 Å². The van der Waals surface area contributed by atoms with Crippen molar-refractivity contribution in [1.82, 2.24) is 0 Å². The Kier molecular flexibility index (Phi) is 7.18. The fourth-order valence-corrected chi connectivity index (χ4v) is 7.64. The summed E-state index contributed by atoms with van der Waals surface area (Å²) in [7, 11) is 0. The van der Waals surface area contributed by atoms with Crippen molar-refractivity contribution in [2.75, 3.05) is 4.90 Å². The van der Waals surface area contributed by atoms with Gasteiger partial charge in [-0.2, -0.15) is 0 Å². The average Bonchev–Trinajstić information content (AvgIpc) is 3.61. The standard InChI is InChI=1S/C50H33NO/c1-2-13-37(14-3-1)45-19-9-21-47-48-22-10-20-46(50(48)52-49(45)47)41-17-8-18-43(33-41)51(44-30-27-35-12-5-7-16-39(35)32-44)42-28-25-36(26-29-42)40-24-23-34-11-4-6-15-38(34)31-40/h1-33H. The first-order chi connectivity index (χ1) is 25.8. The predicted molar refractivity (Wildman–Crippen MR) is 220 cm³/mol. The Morgan fingerprint density at radius 3 is 1.52 bits per heavy atom. The molecule has 0 aliphatic heterocycles. The maximum absolute atomic E-state index is 6.81. The van der Waals surface area contributed by atoms with Crippen LogP contribution in [0, 0.1) is 0 Å². The second-order valence-corrected chi connectivity index (χ2v) is 13.4. The van der Waals surface area contributed by atoms with Crippen molar-refractivity contribution in [1.29, 1.82) is 0 Å². The van der Waals surface area contributed by atoms with Crippen LogP contribution in [0.2, 0.25) is 0 Å². The molecule has 0 amide bonds. The van der Waals surface area contributed by atoms with Crippen LogP contribution in [-0.2, 0) is 0 Å². The number of anilines is 3. The Hall–Kier alpha value is -6.90. The molecule has 0 N–H and O–H groups in total. The van der Waals surface area contributed by atoms with E-state index in [1.54, 1.807) is 0 Å². The molecule has 10 rings (SSSR count). The van der Waals surface area contributed by atoms with Gasteiger partial charge >= 0.3 is 0 Å². The van der Waals surface area contributed by atoms with Crippen LogP contribution in [-0.4, -0.2) is 0 Å². The van der Waals surface area contributed by atoms with E-state index in [0.29, 0.717) is 0 Å². The Labute approximate surface area is 302 Å². The third-order valence-electron chi connectivity index (χ3n) is 10.2. The fourth-order valence-electron chi connectivity index (χ4n) is 7.64. The summed E-state index contributed by atoms with van der Waals surface area (Å²) >= 11 is 0. The van der Waals surface area contributed by atoms with E-state index in [0.717, 1.165) is 61.3 Å². The van der Waals surface area contributed by atoms with Crippen LogP contribution in [0.4, 0.5) is 17.1 Å². The number of benzene rings is 9. The van der Waals surface area contributed by atoms with Gasteiger partial charge in [0.1, 0.15) is 11.2 Å². The number of hydrogen-bond acceptors (Lipinski definition) is 2. The zero-order chi connectivity index (χ0) is 34.4. The smallest absolute Gasteiger partial charge is 0.143 e. The van der Waals surface area contributed by atoms with Gasteiger partial charge in [0.15, 0.2) is 0 Å². The molecule has 0 atom stereocenters. The van der Waals surface area contributed by atoms with Gasteiger partial charge in [-0.25, -0.2) is 0 Å². The Morgan fingerprint density at radius 1 is 0.288 bits per heavy atom. The topological polar surface area (TPSA) is 16.4 Å². The zero-order valence-corrected chi connectivity index (χ0v) is 28.4. The summed E-state index contributed by atoms with van der Waals surface area (Å²) in [5.41, 5.74) is 11.9. The van der Waals surface area contributed by atoms with Crippen LogP contribution < -0.4 is 4.90 Å². The van der Waals surface area contributed by atoms with E-state index in [9.17, 15) is 0 Å². The molecule has 2 nitrogen and oxygen atoms in total. The molecule has 0 bridgehead atoms. The summed E-state index contributed by atoms with van der Waals surface area (Å²) in [4.78, 5) is 2.35. The van der Waals surface area contributed by atoms with Gasteiger partial charge in [-0.05, 0) is 86.3 Å². The van der Waals surface area contributed by atoms with Crippen molar-refractivity contribution in [3.63, 3.8) is 0 Å². The minimum Gasteiger partial charge on any atom is -0.455 e. The first-order valence-corrected chi connectivity index (χ1v) is 17.8. The maximum atomic E-state index is 6.81. The monoisotopic (exact) mass is 663 g/mol. The van der Waals surface area contributed by atoms with Crippen LogP contribution in [0.3, 0.4) is 0 Å². The van der Waals surface area contributed by atoms with Crippen molar-refractivity contribution in [3.05, 3.63) is 200 Å². The normalized spacial score (nSPS) is 11.5. The second-order valence-electron chi connectivity index (χ2n) is 13.4. The van der Waals surface area contributed by atoms with Crippen molar-refractivity contribution >= 4 is 60.5 Å². The van der Waals surface area contributed by atoms with E-state index in [4.69, 9.17) is 4.42 Å². The number of nitrogens with zero attached hydrogens (tertiary/aromatic N) is 1. The van der Waals surface area contributed by atoms with Gasteiger partial charge in [-0.3, -0.25) is 0 Å². The SMILES string of the molecule is c1ccc(-c2cccc3c2oc2c(-c4cccc(N(c5ccc(-c6ccc7ccccc7c6)cc5)c5ccc6ccccc6c5)c4)cccc23)cc1. The van der Waals surface area contributed by atoms with Crippen LogP contribution in [0.1, 0.15) is 0 Å². The van der Waals surface area contributed by atoms with E-state index in [2.05, 4.69) is 199 Å². The lowest BCUT2D eigenvalue weighted by molar-refractivity contribution is 0.671. The highest BCUT2D eigenvalue weighted by molar-refractivity contribution is 6.13. The molecule has 0 aliphatic rings. The highest BCUT2D eigenvalue weighted by Gasteiger charge is 2.18. The molecule has 52 heavy (non-hydrogen) atoms. The van der Waals surface area contributed by atoms with Gasteiger partial charge in [0.05, 0.1) is 0 Å². The molecule has 10 aromatic rings. The Morgan fingerprint density at radius 2 is 0.808 bits per heavy atom. The third-order valence-corrected chi connectivity index (χ3v) is 10.2. The molecule has 0 unspecified atom stereocenters. The second kappa shape index (κ2) is 12.5. The minimum absolute atomic E-state index is 0.898. The predicted octanol–water partition coefficient (Wildman–Crippen LogP) is 14.4. The van der Waals surface area contributed by atoms with E-state index >= 15 is 0 Å². The summed E-state index contributed by atoms with van der Waals surface area (Å²) in [5, 5.41) is 7.16. The van der Waals surface area contributed by atoms with Crippen LogP contribution in [0.5, 0.6) is 0 Å². The molecule has 0 aliphatic carbocycles. The number of rotatable bonds is 6. The molecular weight excluding hydrogens is 631 g/mol. The van der Waals surface area contributed by atoms with Gasteiger partial charge in [0.2, 0.25) is 0 Å². The number of fused-ring (bicyclic) bond motifs is 5. The first-order valence-electron chi connectivity index (χ1n) is 17.8. The first kappa shape index (κ1) is 30.0. The third kappa shape index (κ3) is 5.21. The molecule has 244 valence electrons. The molecule has 0 spiro atoms. The minimum atomic E-state index is 0.898. The van der Waals surface area contributed by atoms with E-state index in [-0.39, 0.29) is 0 Å². The molecule has 2 heteroatoms. The molecule has 0 fully saturated rings. The van der Waals surface area contributed by atoms with Gasteiger partial charge in [0, 0.05) is 39.0 Å². The quantitative estimate of drug-likeness (QED) is 0.176. The van der Waals surface area contributed by atoms with Crippen LogP contribution >= 0.6 is 0 Å². The van der Waals surface area contributed by atoms with Crippen molar-refractivity contribution in [2.24, 2.45) is 0 Å². The van der Waals surface area contributed by atoms with Gasteiger partial charge in [0.25, 0.3) is 0 Å². The number of furan rings is 1. The van der Waals surface area contributed by atoms with E-state index < -0.39 is 0 Å². The van der Waals surface area contributed by atoms with E-state index in [1.165, 1.54) is 32.7 Å². The highest BCUT2D eigenvalue weighted by Crippen LogP contribution is 2.42. The average molecular weight is 664 g/mol. The lowest BCUT2D eigenvalue weighted by Crippen LogP contribution is -2.10. The van der Waals surface area contributed by atoms with Gasteiger partial charge in [-0.1, -0.05) is 158 Å². The van der Waals surface area contributed by atoms with E-state index in [1.807, 2.05) is 6.07 Å². The lowest BCUT2D eigenvalue weighted by Gasteiger charge is -2.26. The summed E-state index contributed by atoms with van der Waals surface area (Å²) in [6, 6.07) is 71.6. The molecule has 0 saturated heterocycles. The fraction of sp³-hybridized carbons (Fsp3) is 0. The summed E-state index contributed by atoms with van der Waals surface area (Å²) in [6.07, 6.45) is 0. The van der Waals surface area contributed by atoms with Crippen molar-refractivity contribution in [2.45, 2.75) is 0 Å². The molecule has 0 saturated carbocycles. The van der Waals surface area contributed by atoms with Crippen molar-refractivity contribution in [3.8, 4) is 33.4 Å². The lowest BCUT2D eigenvalue weighted by atomic mass is 9.99. The Balaban J connectivity index is 1.10. The molecular formula is C50H33NO. The molecule has 1 aromatic heterocycles. The molecule has 1 heterocycles. The number of para-hydroxylation sites is 2. The van der Waals surface area contributed by atoms with Gasteiger partial charge in [-0.15, -0.1) is 0 Å². The zero-order valence-electron chi connectivity index (χ0n) is 28.4. The molecule has 9 aromatic carbocycles. The summed E-state index contributed by atoms with van der Waals surface area (Å²) < 4.78 is 6.81. The Bertz CT molecular complexity index is 2900.